The molecule has 0 aliphatic rings. The van der Waals surface area contributed by atoms with E-state index in [-0.39, 0.29) is 23.1 Å². The normalized spacial score (nSPS) is 7.56. The van der Waals surface area contributed by atoms with Gasteiger partial charge >= 0.3 is 23.1 Å². The molecule has 0 saturated carbocycles. The summed E-state index contributed by atoms with van der Waals surface area (Å²) in [5.41, 5.74) is 1.32. The van der Waals surface area contributed by atoms with E-state index in [0.717, 1.165) is 12.8 Å². The first-order valence-electron chi connectivity index (χ1n) is 5.82. The summed E-state index contributed by atoms with van der Waals surface area (Å²) < 4.78 is 0. The van der Waals surface area contributed by atoms with E-state index in [4.69, 9.17) is 0 Å². The Bertz CT molecular complexity index is 174. The van der Waals surface area contributed by atoms with E-state index in [9.17, 15) is 0 Å². The summed E-state index contributed by atoms with van der Waals surface area (Å²) in [6, 6.07) is 10.3. The van der Waals surface area contributed by atoms with E-state index in [1.54, 1.807) is 0 Å². The van der Waals surface area contributed by atoms with Gasteiger partial charge in [-0.05, 0) is 6.92 Å². The van der Waals surface area contributed by atoms with Crippen LogP contribution in [0.4, 0.5) is 0 Å². The topological polar surface area (TPSA) is 0 Å². The minimum atomic E-state index is 0. The van der Waals surface area contributed by atoms with Crippen LogP contribution in [-0.2, 0) is 0 Å². The predicted molar refractivity (Wildman–Crippen MR) is 77.5 cm³/mol. The van der Waals surface area contributed by atoms with Crippen LogP contribution in [0.1, 0.15) is 45.1 Å². The third-order valence-corrected chi connectivity index (χ3v) is 1.65. The maximum atomic E-state index is 3.60. The van der Waals surface area contributed by atoms with Gasteiger partial charge in [0.2, 0.25) is 0 Å². The molecule has 0 bridgehead atoms. The monoisotopic (exact) mass is 230 g/mol. The maximum Gasteiger partial charge on any atom is 2.00 e. The molecule has 0 spiro atoms. The molecule has 16 heavy (non-hydrogen) atoms. The zero-order chi connectivity index (χ0) is 11.9. The summed E-state index contributed by atoms with van der Waals surface area (Å²) in [4.78, 5) is 0. The minimum absolute atomic E-state index is 0. The molecule has 0 radical (unpaired) electrons. The Morgan fingerprint density at radius 3 is 1.31 bits per heavy atom. The number of aryl methyl sites for hydroxylation is 1. The molecule has 1 heteroatoms. The van der Waals surface area contributed by atoms with Gasteiger partial charge in [-0.3, -0.25) is 0 Å². The second kappa shape index (κ2) is 20.4. The molecule has 0 amide bonds. The number of unbranched alkanes of at least 4 members (excludes halogenated alkanes) is 2. The first-order chi connectivity index (χ1) is 7.22. The third kappa shape index (κ3) is 23.7. The molecule has 1 rings (SSSR count). The van der Waals surface area contributed by atoms with Gasteiger partial charge in [-0.1, -0.05) is 62.6 Å². The molecule has 0 aromatic heterocycles. The Morgan fingerprint density at radius 1 is 0.875 bits per heavy atom. The zero-order valence-corrected chi connectivity index (χ0v) is 12.8. The van der Waals surface area contributed by atoms with Gasteiger partial charge in [-0.15, -0.1) is 0 Å². The molecule has 0 nitrogen and oxygen atoms in total. The standard InChI is InChI=1S/C7H8.2C4H9.Mg/c1-7-5-3-2-4-6-7;2*1-3-4-2;/h2-6H,1H3;2*1,3-4H2,2H3;/q;2*-1;+2. The van der Waals surface area contributed by atoms with Crippen LogP contribution in [0.2, 0.25) is 0 Å². The third-order valence-electron chi connectivity index (χ3n) is 1.65. The van der Waals surface area contributed by atoms with Crippen molar-refractivity contribution >= 4 is 23.1 Å². The molecule has 0 fully saturated rings. The summed E-state index contributed by atoms with van der Waals surface area (Å²) in [6.45, 7) is 13.5. The van der Waals surface area contributed by atoms with E-state index < -0.39 is 0 Å². The smallest absolute Gasteiger partial charge is 0.343 e. The van der Waals surface area contributed by atoms with Crippen molar-refractivity contribution in [3.05, 3.63) is 49.7 Å². The van der Waals surface area contributed by atoms with Gasteiger partial charge in [0.05, 0.1) is 0 Å². The predicted octanol–water partition coefficient (Wildman–Crippen LogP) is 4.86. The first-order valence-corrected chi connectivity index (χ1v) is 5.82. The molecule has 1 aromatic carbocycles. The Hall–Kier alpha value is -0.0138. The molecular weight excluding hydrogens is 204 g/mol. The van der Waals surface area contributed by atoms with Gasteiger partial charge in [-0.2, -0.15) is 12.8 Å². The molecule has 0 N–H and O–H groups in total. The van der Waals surface area contributed by atoms with Crippen LogP contribution in [-0.4, -0.2) is 23.1 Å². The van der Waals surface area contributed by atoms with Crippen LogP contribution in [0.25, 0.3) is 0 Å². The quantitative estimate of drug-likeness (QED) is 0.503. The fourth-order valence-electron chi connectivity index (χ4n) is 0.534. The average Bonchev–Trinajstić information content (AvgIpc) is 2.31. The number of hydrogen-bond acceptors (Lipinski definition) is 0. The van der Waals surface area contributed by atoms with E-state index in [0.29, 0.717) is 0 Å². The first kappa shape index (κ1) is 21.3. The largest absolute Gasteiger partial charge is 2.00 e. The van der Waals surface area contributed by atoms with Gasteiger partial charge < -0.3 is 13.8 Å². The summed E-state index contributed by atoms with van der Waals surface area (Å²) in [5.74, 6) is 0. The second-order valence-corrected chi connectivity index (χ2v) is 3.36. The number of hydrogen-bond donors (Lipinski definition) is 0. The van der Waals surface area contributed by atoms with Crippen molar-refractivity contribution < 1.29 is 0 Å². The van der Waals surface area contributed by atoms with Crippen molar-refractivity contribution in [1.82, 2.24) is 0 Å². The van der Waals surface area contributed by atoms with E-state index in [1.165, 1.54) is 18.4 Å². The van der Waals surface area contributed by atoms with Crippen molar-refractivity contribution in [3.63, 3.8) is 0 Å². The number of rotatable bonds is 2. The Kier molecular flexibility index (Phi) is 27.2. The number of benzene rings is 1. The van der Waals surface area contributed by atoms with Crippen LogP contribution >= 0.6 is 0 Å². The summed E-state index contributed by atoms with van der Waals surface area (Å²) in [5, 5.41) is 0. The van der Waals surface area contributed by atoms with E-state index in [1.807, 2.05) is 18.2 Å². The fraction of sp³-hybridized carbons (Fsp3) is 0.467. The minimum Gasteiger partial charge on any atom is -0.343 e. The maximum absolute atomic E-state index is 3.60. The SMILES string of the molecule is Cc1ccccc1.[CH2-]CCC.[CH2-]CCC.[Mg+2]. The zero-order valence-electron chi connectivity index (χ0n) is 11.3. The van der Waals surface area contributed by atoms with Crippen LogP contribution in [0.5, 0.6) is 0 Å². The summed E-state index contributed by atoms with van der Waals surface area (Å²) in [6.07, 6.45) is 4.56. The fourth-order valence-corrected chi connectivity index (χ4v) is 0.534. The van der Waals surface area contributed by atoms with Crippen LogP contribution < -0.4 is 0 Å². The van der Waals surface area contributed by atoms with Crippen LogP contribution in [0.15, 0.2) is 30.3 Å². The van der Waals surface area contributed by atoms with E-state index >= 15 is 0 Å². The molecule has 0 aliphatic carbocycles. The van der Waals surface area contributed by atoms with Gasteiger partial charge in [-0.25, -0.2) is 0 Å². The van der Waals surface area contributed by atoms with Crippen LogP contribution in [0.3, 0.4) is 0 Å². The molecule has 0 atom stereocenters. The van der Waals surface area contributed by atoms with E-state index in [2.05, 4.69) is 46.8 Å². The van der Waals surface area contributed by atoms with Crippen molar-refractivity contribution in [1.29, 1.82) is 0 Å². The molecule has 0 aliphatic heterocycles. The average molecular weight is 231 g/mol. The van der Waals surface area contributed by atoms with Crippen LogP contribution in [0, 0.1) is 20.8 Å². The summed E-state index contributed by atoms with van der Waals surface area (Å²) in [7, 11) is 0. The Morgan fingerprint density at radius 2 is 1.19 bits per heavy atom. The van der Waals surface area contributed by atoms with Gasteiger partial charge in [0.15, 0.2) is 0 Å². The Labute approximate surface area is 119 Å². The van der Waals surface area contributed by atoms with Crippen molar-refractivity contribution in [2.24, 2.45) is 0 Å². The molecule has 88 valence electrons. The van der Waals surface area contributed by atoms with Gasteiger partial charge in [0.1, 0.15) is 0 Å². The van der Waals surface area contributed by atoms with Crippen molar-refractivity contribution in [2.75, 3.05) is 0 Å². The molecule has 0 saturated heterocycles. The van der Waals surface area contributed by atoms with Crippen molar-refractivity contribution in [3.8, 4) is 0 Å². The molecule has 0 heterocycles. The Balaban J connectivity index is -0.000000166. The molecular formula is C15H26Mg. The molecule has 1 aromatic rings. The van der Waals surface area contributed by atoms with Crippen molar-refractivity contribution in [2.45, 2.75) is 46.5 Å². The second-order valence-electron chi connectivity index (χ2n) is 3.36. The van der Waals surface area contributed by atoms with Gasteiger partial charge in [0, 0.05) is 0 Å². The molecule has 0 unspecified atom stereocenters. The van der Waals surface area contributed by atoms with Gasteiger partial charge in [0.25, 0.3) is 0 Å². The summed E-state index contributed by atoms with van der Waals surface area (Å²) >= 11 is 0.